The van der Waals surface area contributed by atoms with Crippen molar-refractivity contribution in [2.75, 3.05) is 31.6 Å². The van der Waals surface area contributed by atoms with Crippen LogP contribution in [-0.2, 0) is 4.79 Å². The van der Waals surface area contributed by atoms with E-state index in [2.05, 4.69) is 4.98 Å². The molecule has 90 valence electrons. The van der Waals surface area contributed by atoms with Crippen LogP contribution in [-0.4, -0.2) is 47.5 Å². The molecule has 0 unspecified atom stereocenters. The Morgan fingerprint density at radius 1 is 1.47 bits per heavy atom. The van der Waals surface area contributed by atoms with Crippen molar-refractivity contribution in [2.45, 2.75) is 0 Å². The van der Waals surface area contributed by atoms with Crippen LogP contribution >= 0.6 is 12.2 Å². The van der Waals surface area contributed by atoms with E-state index in [1.807, 2.05) is 17.0 Å². The summed E-state index contributed by atoms with van der Waals surface area (Å²) in [6.45, 7) is 1.83. The highest BCUT2D eigenvalue weighted by atomic mass is 32.1. The summed E-state index contributed by atoms with van der Waals surface area (Å²) in [7, 11) is 1.80. The highest BCUT2D eigenvalue weighted by Crippen LogP contribution is 2.14. The molecule has 1 aliphatic heterocycles. The van der Waals surface area contributed by atoms with Gasteiger partial charge in [0.05, 0.1) is 12.2 Å². The number of pyridine rings is 1. The summed E-state index contributed by atoms with van der Waals surface area (Å²) < 4.78 is 0. The van der Waals surface area contributed by atoms with Gasteiger partial charge in [0.15, 0.2) is 0 Å². The first-order chi connectivity index (χ1) is 8.08. The first kappa shape index (κ1) is 11.8. The van der Waals surface area contributed by atoms with Crippen molar-refractivity contribution in [3.63, 3.8) is 0 Å². The van der Waals surface area contributed by atoms with E-state index >= 15 is 0 Å². The van der Waals surface area contributed by atoms with Crippen LogP contribution in [0.15, 0.2) is 18.2 Å². The van der Waals surface area contributed by atoms with Crippen LogP contribution < -0.4 is 10.6 Å². The van der Waals surface area contributed by atoms with Crippen molar-refractivity contribution < 1.29 is 4.79 Å². The second kappa shape index (κ2) is 4.67. The van der Waals surface area contributed by atoms with Gasteiger partial charge in [-0.3, -0.25) is 4.79 Å². The van der Waals surface area contributed by atoms with Crippen molar-refractivity contribution in [3.8, 4) is 0 Å². The van der Waals surface area contributed by atoms with Crippen LogP contribution in [0.4, 0.5) is 5.82 Å². The Morgan fingerprint density at radius 3 is 2.88 bits per heavy atom. The summed E-state index contributed by atoms with van der Waals surface area (Å²) >= 11 is 4.89. The van der Waals surface area contributed by atoms with Gasteiger partial charge in [0.2, 0.25) is 5.91 Å². The van der Waals surface area contributed by atoms with E-state index in [9.17, 15) is 4.79 Å². The quantitative estimate of drug-likeness (QED) is 0.748. The van der Waals surface area contributed by atoms with E-state index in [0.717, 1.165) is 12.4 Å². The van der Waals surface area contributed by atoms with Crippen LogP contribution in [0.1, 0.15) is 5.69 Å². The molecule has 0 aliphatic carbocycles. The van der Waals surface area contributed by atoms with Gasteiger partial charge in [0.1, 0.15) is 10.8 Å². The summed E-state index contributed by atoms with van der Waals surface area (Å²) in [4.78, 5) is 19.9. The molecule has 0 bridgehead atoms. The standard InChI is InChI=1S/C11H14N4OS/c1-14-5-6-15(7-10(14)16)9-4-2-3-8(13-9)11(12)17/h2-4H,5-7H2,1H3,(H2,12,17). The summed E-state index contributed by atoms with van der Waals surface area (Å²) in [6, 6.07) is 5.48. The minimum atomic E-state index is 0.0961. The number of carbonyl (C=O) groups excluding carboxylic acids is 1. The van der Waals surface area contributed by atoms with Crippen molar-refractivity contribution >= 4 is 28.9 Å². The number of nitrogens with zero attached hydrogens (tertiary/aromatic N) is 3. The van der Waals surface area contributed by atoms with Crippen LogP contribution in [0.2, 0.25) is 0 Å². The number of hydrogen-bond donors (Lipinski definition) is 1. The molecule has 0 spiro atoms. The number of anilines is 1. The average Bonchev–Trinajstić information content (AvgIpc) is 2.33. The van der Waals surface area contributed by atoms with Crippen molar-refractivity contribution in [1.29, 1.82) is 0 Å². The van der Waals surface area contributed by atoms with Gasteiger partial charge in [-0.2, -0.15) is 0 Å². The molecule has 17 heavy (non-hydrogen) atoms. The third-order valence-electron chi connectivity index (χ3n) is 2.77. The van der Waals surface area contributed by atoms with Crippen LogP contribution in [0.3, 0.4) is 0 Å². The van der Waals surface area contributed by atoms with E-state index in [0.29, 0.717) is 18.8 Å². The van der Waals surface area contributed by atoms with Gasteiger partial charge < -0.3 is 15.5 Å². The van der Waals surface area contributed by atoms with Gasteiger partial charge in [-0.25, -0.2) is 4.98 Å². The molecular formula is C11H14N4OS. The van der Waals surface area contributed by atoms with Crippen LogP contribution in [0.25, 0.3) is 0 Å². The maximum absolute atomic E-state index is 11.6. The highest BCUT2D eigenvalue weighted by molar-refractivity contribution is 7.80. The zero-order valence-electron chi connectivity index (χ0n) is 9.59. The third kappa shape index (κ3) is 2.52. The van der Waals surface area contributed by atoms with Crippen LogP contribution in [0, 0.1) is 0 Å². The van der Waals surface area contributed by atoms with E-state index in [1.54, 1.807) is 18.0 Å². The van der Waals surface area contributed by atoms with E-state index in [1.165, 1.54) is 0 Å². The Balaban J connectivity index is 2.20. The number of rotatable bonds is 2. The number of nitrogens with two attached hydrogens (primary N) is 1. The smallest absolute Gasteiger partial charge is 0.241 e. The van der Waals surface area contributed by atoms with Gasteiger partial charge >= 0.3 is 0 Å². The zero-order valence-corrected chi connectivity index (χ0v) is 10.4. The lowest BCUT2D eigenvalue weighted by molar-refractivity contribution is -0.129. The minimum absolute atomic E-state index is 0.0961. The largest absolute Gasteiger partial charge is 0.388 e. The molecular weight excluding hydrogens is 236 g/mol. The zero-order chi connectivity index (χ0) is 12.4. The molecule has 1 aromatic rings. The molecule has 0 saturated carbocycles. The molecule has 0 atom stereocenters. The predicted octanol–water partition coefficient (Wildman–Crippen LogP) is -0.00580. The molecule has 6 heteroatoms. The summed E-state index contributed by atoms with van der Waals surface area (Å²) in [6.07, 6.45) is 0. The fourth-order valence-corrected chi connectivity index (χ4v) is 1.80. The molecule has 1 fully saturated rings. The Bertz CT molecular complexity index is 463. The van der Waals surface area contributed by atoms with E-state index in [4.69, 9.17) is 18.0 Å². The van der Waals surface area contributed by atoms with Gasteiger partial charge in [0, 0.05) is 20.1 Å². The van der Waals surface area contributed by atoms with Crippen molar-refractivity contribution in [2.24, 2.45) is 5.73 Å². The molecule has 1 aromatic heterocycles. The first-order valence-corrected chi connectivity index (χ1v) is 5.74. The van der Waals surface area contributed by atoms with E-state index < -0.39 is 0 Å². The van der Waals surface area contributed by atoms with Gasteiger partial charge in [0.25, 0.3) is 0 Å². The van der Waals surface area contributed by atoms with Crippen molar-refractivity contribution in [1.82, 2.24) is 9.88 Å². The maximum Gasteiger partial charge on any atom is 0.241 e. The number of hydrogen-bond acceptors (Lipinski definition) is 4. The number of piperazine rings is 1. The molecule has 0 aromatic carbocycles. The Kier molecular flexibility index (Phi) is 3.23. The first-order valence-electron chi connectivity index (χ1n) is 5.33. The monoisotopic (exact) mass is 250 g/mol. The second-order valence-corrected chi connectivity index (χ2v) is 4.42. The summed E-state index contributed by atoms with van der Waals surface area (Å²) in [5, 5.41) is 0. The Labute approximate surface area is 105 Å². The molecule has 2 heterocycles. The van der Waals surface area contributed by atoms with Gasteiger partial charge in [-0.1, -0.05) is 18.3 Å². The molecule has 1 amide bonds. The fraction of sp³-hybridized carbons (Fsp3) is 0.364. The average molecular weight is 250 g/mol. The number of carbonyl (C=O) groups is 1. The van der Waals surface area contributed by atoms with Crippen molar-refractivity contribution in [3.05, 3.63) is 23.9 Å². The molecule has 2 N–H and O–H groups in total. The molecule has 2 rings (SSSR count). The molecule has 1 aliphatic rings. The Morgan fingerprint density at radius 2 is 2.24 bits per heavy atom. The van der Waals surface area contributed by atoms with E-state index in [-0.39, 0.29) is 10.9 Å². The Hall–Kier alpha value is -1.69. The van der Waals surface area contributed by atoms with Gasteiger partial charge in [-0.05, 0) is 12.1 Å². The highest BCUT2D eigenvalue weighted by Gasteiger charge is 2.21. The molecule has 5 nitrogen and oxygen atoms in total. The van der Waals surface area contributed by atoms with Crippen LogP contribution in [0.5, 0.6) is 0 Å². The lowest BCUT2D eigenvalue weighted by Crippen LogP contribution is -2.48. The summed E-state index contributed by atoms with van der Waals surface area (Å²) in [5.41, 5.74) is 6.12. The number of aromatic nitrogens is 1. The number of amides is 1. The third-order valence-corrected chi connectivity index (χ3v) is 2.98. The second-order valence-electron chi connectivity index (χ2n) is 3.98. The fourth-order valence-electron chi connectivity index (χ4n) is 1.69. The SMILES string of the molecule is CN1CCN(c2cccc(C(N)=S)n2)CC1=O. The lowest BCUT2D eigenvalue weighted by Gasteiger charge is -2.32. The van der Waals surface area contributed by atoms with Gasteiger partial charge in [-0.15, -0.1) is 0 Å². The number of likely N-dealkylation sites (N-methyl/N-ethyl adjacent to an activating group) is 1. The molecule has 0 radical (unpaired) electrons. The maximum atomic E-state index is 11.6. The lowest BCUT2D eigenvalue weighted by atomic mass is 10.3. The number of thiocarbonyl (C=S) groups is 1. The summed E-state index contributed by atoms with van der Waals surface area (Å²) in [5.74, 6) is 0.843. The predicted molar refractivity (Wildman–Crippen MR) is 70.0 cm³/mol. The minimum Gasteiger partial charge on any atom is -0.388 e. The normalized spacial score (nSPS) is 16.2. The molecule has 1 saturated heterocycles. The topological polar surface area (TPSA) is 62.5 Å².